The Labute approximate surface area is 168 Å². The van der Waals surface area contributed by atoms with Crippen molar-refractivity contribution in [2.24, 2.45) is 0 Å². The highest BCUT2D eigenvalue weighted by Gasteiger charge is 2.28. The van der Waals surface area contributed by atoms with Gasteiger partial charge in [-0.3, -0.25) is 9.59 Å². The number of carbonyl (C=O) groups is 1. The van der Waals surface area contributed by atoms with Gasteiger partial charge in [-0.05, 0) is 56.4 Å². The molecule has 3 aromatic rings. The summed E-state index contributed by atoms with van der Waals surface area (Å²) in [4.78, 5) is 30.8. The summed E-state index contributed by atoms with van der Waals surface area (Å²) in [5.41, 5.74) is 2.27. The summed E-state index contributed by atoms with van der Waals surface area (Å²) in [7, 11) is 1.50. The average molecular weight is 393 g/mol. The number of carbonyl (C=O) groups excluding carboxylic acids is 1. The van der Waals surface area contributed by atoms with Crippen LogP contribution < -0.4 is 15.6 Å². The lowest BCUT2D eigenvalue weighted by atomic mass is 9.92. The molecule has 1 aliphatic rings. The summed E-state index contributed by atoms with van der Waals surface area (Å²) in [5.74, 6) is 0.938. The highest BCUT2D eigenvalue weighted by atomic mass is 16.5. The Morgan fingerprint density at radius 3 is 2.83 bits per heavy atom. The molecule has 7 heteroatoms. The maximum Gasteiger partial charge on any atom is 0.267 e. The summed E-state index contributed by atoms with van der Waals surface area (Å²) in [6, 6.07) is 7.25. The van der Waals surface area contributed by atoms with E-state index in [-0.39, 0.29) is 17.7 Å². The third-order valence-corrected chi connectivity index (χ3v) is 5.29. The SMILES string of the molecule is COc1c2c(n(Cc3ccco3)c(=O)c1C(=O)Nc1ncccc1C)CCCC2. The molecule has 1 amide bonds. The van der Waals surface area contributed by atoms with Crippen molar-refractivity contribution in [1.29, 1.82) is 0 Å². The van der Waals surface area contributed by atoms with E-state index in [1.165, 1.54) is 7.11 Å². The molecular weight excluding hydrogens is 370 g/mol. The summed E-state index contributed by atoms with van der Waals surface area (Å²) in [6.45, 7) is 2.13. The summed E-state index contributed by atoms with van der Waals surface area (Å²) < 4.78 is 12.7. The van der Waals surface area contributed by atoms with Crippen molar-refractivity contribution in [3.8, 4) is 5.75 Å². The van der Waals surface area contributed by atoms with Crippen molar-refractivity contribution in [3.05, 3.63) is 75.2 Å². The maximum atomic E-state index is 13.4. The number of amides is 1. The Morgan fingerprint density at radius 2 is 2.10 bits per heavy atom. The smallest absolute Gasteiger partial charge is 0.267 e. The molecule has 0 aliphatic heterocycles. The molecule has 3 aromatic heterocycles. The van der Waals surface area contributed by atoms with E-state index in [0.717, 1.165) is 42.5 Å². The zero-order valence-corrected chi connectivity index (χ0v) is 16.5. The molecule has 0 saturated carbocycles. The molecule has 4 rings (SSSR count). The molecule has 0 bridgehead atoms. The number of aryl methyl sites for hydroxylation is 1. The van der Waals surface area contributed by atoms with E-state index in [2.05, 4.69) is 10.3 Å². The van der Waals surface area contributed by atoms with Gasteiger partial charge in [0, 0.05) is 17.5 Å². The summed E-state index contributed by atoms with van der Waals surface area (Å²) >= 11 is 0. The van der Waals surface area contributed by atoms with Crippen molar-refractivity contribution >= 4 is 11.7 Å². The lowest BCUT2D eigenvalue weighted by molar-refractivity contribution is 0.102. The van der Waals surface area contributed by atoms with Crippen molar-refractivity contribution in [2.45, 2.75) is 39.2 Å². The lowest BCUT2D eigenvalue weighted by Crippen LogP contribution is -2.34. The van der Waals surface area contributed by atoms with Crippen LogP contribution in [0.4, 0.5) is 5.82 Å². The van der Waals surface area contributed by atoms with Crippen LogP contribution in [0.25, 0.3) is 0 Å². The van der Waals surface area contributed by atoms with Crippen LogP contribution in [0.5, 0.6) is 5.75 Å². The van der Waals surface area contributed by atoms with Crippen molar-refractivity contribution in [2.75, 3.05) is 12.4 Å². The molecule has 0 fully saturated rings. The maximum absolute atomic E-state index is 13.4. The molecular formula is C22H23N3O4. The van der Waals surface area contributed by atoms with Crippen LogP contribution in [0.2, 0.25) is 0 Å². The van der Waals surface area contributed by atoms with Crippen LogP contribution in [0.15, 0.2) is 45.9 Å². The Kier molecular flexibility index (Phi) is 5.20. The van der Waals surface area contributed by atoms with Crippen molar-refractivity contribution in [1.82, 2.24) is 9.55 Å². The number of nitrogens with one attached hydrogen (secondary N) is 1. The second kappa shape index (κ2) is 7.95. The van der Waals surface area contributed by atoms with Crippen molar-refractivity contribution < 1.29 is 13.9 Å². The highest BCUT2D eigenvalue weighted by molar-refractivity contribution is 6.06. The Bertz CT molecular complexity index is 1100. The molecule has 0 atom stereocenters. The van der Waals surface area contributed by atoms with Gasteiger partial charge in [0.15, 0.2) is 0 Å². The number of anilines is 1. The quantitative estimate of drug-likeness (QED) is 0.719. The summed E-state index contributed by atoms with van der Waals surface area (Å²) in [6.07, 6.45) is 6.69. The first-order valence-corrected chi connectivity index (χ1v) is 9.68. The predicted octanol–water partition coefficient (Wildman–Crippen LogP) is 3.33. The minimum Gasteiger partial charge on any atom is -0.495 e. The zero-order chi connectivity index (χ0) is 20.4. The first kappa shape index (κ1) is 19.0. The Hall–Kier alpha value is -3.35. The van der Waals surface area contributed by atoms with Gasteiger partial charge in [-0.2, -0.15) is 0 Å². The molecule has 150 valence electrons. The Balaban J connectivity index is 1.85. The van der Waals surface area contributed by atoms with Crippen LogP contribution in [-0.4, -0.2) is 22.6 Å². The van der Waals surface area contributed by atoms with Crippen LogP contribution in [0, 0.1) is 6.92 Å². The number of ether oxygens (including phenoxy) is 1. The van der Waals surface area contributed by atoms with Gasteiger partial charge in [0.05, 0.1) is 19.9 Å². The van der Waals surface area contributed by atoms with Crippen LogP contribution in [-0.2, 0) is 19.4 Å². The fourth-order valence-corrected chi connectivity index (χ4v) is 3.88. The first-order chi connectivity index (χ1) is 14.1. The standard InChI is InChI=1S/C22H23N3O4/c1-14-7-5-11-23-20(14)24-21(26)18-19(28-2)16-9-3-4-10-17(16)25(22(18)27)13-15-8-6-12-29-15/h5-8,11-12H,3-4,9-10,13H2,1-2H3,(H,23,24,26). The predicted molar refractivity (Wildman–Crippen MR) is 109 cm³/mol. The van der Waals surface area contributed by atoms with Gasteiger partial charge in [-0.25, -0.2) is 4.98 Å². The van der Waals surface area contributed by atoms with E-state index in [0.29, 0.717) is 17.3 Å². The Morgan fingerprint density at radius 1 is 1.28 bits per heavy atom. The summed E-state index contributed by atoms with van der Waals surface area (Å²) in [5, 5.41) is 2.77. The molecule has 0 spiro atoms. The number of hydrogen-bond acceptors (Lipinski definition) is 5. The molecule has 0 aromatic carbocycles. The number of aromatic nitrogens is 2. The topological polar surface area (TPSA) is 86.4 Å². The van der Waals surface area contributed by atoms with Gasteiger partial charge in [0.25, 0.3) is 11.5 Å². The number of hydrogen-bond donors (Lipinski definition) is 1. The van der Waals surface area contributed by atoms with Gasteiger partial charge >= 0.3 is 0 Å². The van der Waals surface area contributed by atoms with Crippen LogP contribution in [0.3, 0.4) is 0 Å². The second-order valence-corrected chi connectivity index (χ2v) is 7.13. The molecule has 0 saturated heterocycles. The number of fused-ring (bicyclic) bond motifs is 1. The van der Waals surface area contributed by atoms with E-state index >= 15 is 0 Å². The number of methoxy groups -OCH3 is 1. The van der Waals surface area contributed by atoms with E-state index in [9.17, 15) is 9.59 Å². The second-order valence-electron chi connectivity index (χ2n) is 7.13. The number of nitrogens with zero attached hydrogens (tertiary/aromatic N) is 2. The zero-order valence-electron chi connectivity index (χ0n) is 16.5. The van der Waals surface area contributed by atoms with Gasteiger partial charge in [-0.1, -0.05) is 6.07 Å². The molecule has 0 unspecified atom stereocenters. The van der Waals surface area contributed by atoms with E-state index < -0.39 is 5.91 Å². The van der Waals surface area contributed by atoms with Crippen LogP contribution in [0.1, 0.15) is 45.8 Å². The average Bonchev–Trinajstić information content (AvgIpc) is 3.24. The number of furan rings is 1. The first-order valence-electron chi connectivity index (χ1n) is 9.68. The number of pyridine rings is 2. The normalized spacial score (nSPS) is 13.0. The van der Waals surface area contributed by atoms with Crippen LogP contribution >= 0.6 is 0 Å². The fourth-order valence-electron chi connectivity index (χ4n) is 3.88. The van der Waals surface area contributed by atoms with E-state index in [1.54, 1.807) is 29.2 Å². The van der Waals surface area contributed by atoms with Gasteiger partial charge < -0.3 is 19.0 Å². The third-order valence-electron chi connectivity index (χ3n) is 5.29. The molecule has 29 heavy (non-hydrogen) atoms. The minimum absolute atomic E-state index is 0.00441. The van der Waals surface area contributed by atoms with Gasteiger partial charge in [-0.15, -0.1) is 0 Å². The monoisotopic (exact) mass is 393 g/mol. The lowest BCUT2D eigenvalue weighted by Gasteiger charge is -2.25. The highest BCUT2D eigenvalue weighted by Crippen LogP contribution is 2.32. The molecule has 7 nitrogen and oxygen atoms in total. The molecule has 0 radical (unpaired) electrons. The minimum atomic E-state index is -0.518. The van der Waals surface area contributed by atoms with E-state index in [1.807, 2.05) is 19.1 Å². The molecule has 3 heterocycles. The fraction of sp³-hybridized carbons (Fsp3) is 0.318. The molecule has 1 aliphatic carbocycles. The van der Waals surface area contributed by atoms with E-state index in [4.69, 9.17) is 9.15 Å². The van der Waals surface area contributed by atoms with Gasteiger partial charge in [0.1, 0.15) is 22.9 Å². The van der Waals surface area contributed by atoms with Gasteiger partial charge in [0.2, 0.25) is 0 Å². The largest absolute Gasteiger partial charge is 0.495 e. The number of rotatable bonds is 5. The van der Waals surface area contributed by atoms with Crippen molar-refractivity contribution in [3.63, 3.8) is 0 Å². The molecule has 1 N–H and O–H groups in total. The third kappa shape index (κ3) is 3.55.